The second-order valence-electron chi connectivity index (χ2n) is 4.07. The first-order valence-electron chi connectivity index (χ1n) is 5.49. The van der Waals surface area contributed by atoms with Crippen LogP contribution in [0.15, 0.2) is 12.3 Å². The standard InChI is InChI=1S/C12H13Cl2N3S/c1-6-4-9(8(3)18-6)7(2)16-11-10(13)5-15-12(14)17-11/h4-5,7H,1-3H3,(H,15,16,17). The first kappa shape index (κ1) is 13.6. The second kappa shape index (κ2) is 5.43. The smallest absolute Gasteiger partial charge is 0.224 e. The number of aromatic nitrogens is 2. The average molecular weight is 302 g/mol. The van der Waals surface area contributed by atoms with Gasteiger partial charge in [-0.25, -0.2) is 4.98 Å². The number of nitrogens with one attached hydrogen (secondary N) is 1. The molecular weight excluding hydrogens is 289 g/mol. The predicted molar refractivity (Wildman–Crippen MR) is 77.9 cm³/mol. The number of nitrogens with zero attached hydrogens (tertiary/aromatic N) is 2. The van der Waals surface area contributed by atoms with Gasteiger partial charge in [0, 0.05) is 9.75 Å². The Morgan fingerprint density at radius 3 is 2.67 bits per heavy atom. The van der Waals surface area contributed by atoms with E-state index in [1.54, 1.807) is 11.3 Å². The fourth-order valence-corrected chi connectivity index (χ4v) is 3.11. The molecule has 0 radical (unpaired) electrons. The van der Waals surface area contributed by atoms with Gasteiger partial charge in [-0.05, 0) is 44.0 Å². The number of anilines is 1. The van der Waals surface area contributed by atoms with E-state index in [-0.39, 0.29) is 11.3 Å². The van der Waals surface area contributed by atoms with E-state index in [2.05, 4.69) is 42.1 Å². The third-order valence-electron chi connectivity index (χ3n) is 2.61. The summed E-state index contributed by atoms with van der Waals surface area (Å²) in [6, 6.07) is 2.30. The fourth-order valence-electron chi connectivity index (χ4n) is 1.81. The van der Waals surface area contributed by atoms with Crippen molar-refractivity contribution < 1.29 is 0 Å². The van der Waals surface area contributed by atoms with E-state index in [9.17, 15) is 0 Å². The molecule has 0 aliphatic rings. The molecule has 1 N–H and O–H groups in total. The third-order valence-corrected chi connectivity index (χ3v) is 4.05. The van der Waals surface area contributed by atoms with E-state index < -0.39 is 0 Å². The van der Waals surface area contributed by atoms with Gasteiger partial charge in [0.1, 0.15) is 10.8 Å². The zero-order valence-corrected chi connectivity index (χ0v) is 12.6. The largest absolute Gasteiger partial charge is 0.362 e. The number of aryl methyl sites for hydroxylation is 2. The maximum absolute atomic E-state index is 6.03. The molecule has 6 heteroatoms. The Kier molecular flexibility index (Phi) is 4.10. The molecule has 0 amide bonds. The minimum Gasteiger partial charge on any atom is -0.362 e. The van der Waals surface area contributed by atoms with Gasteiger partial charge in [-0.15, -0.1) is 11.3 Å². The molecule has 2 aromatic heterocycles. The lowest BCUT2D eigenvalue weighted by atomic mass is 10.1. The fraction of sp³-hybridized carbons (Fsp3) is 0.333. The van der Waals surface area contributed by atoms with E-state index in [4.69, 9.17) is 23.2 Å². The monoisotopic (exact) mass is 301 g/mol. The molecule has 2 heterocycles. The predicted octanol–water partition coefficient (Wildman–Crippen LogP) is 4.63. The molecule has 18 heavy (non-hydrogen) atoms. The molecule has 0 saturated heterocycles. The van der Waals surface area contributed by atoms with Crippen molar-refractivity contribution in [1.29, 1.82) is 0 Å². The molecule has 1 unspecified atom stereocenters. The molecule has 2 rings (SSSR count). The van der Waals surface area contributed by atoms with Crippen molar-refractivity contribution in [3.8, 4) is 0 Å². The van der Waals surface area contributed by atoms with E-state index >= 15 is 0 Å². The third kappa shape index (κ3) is 2.94. The Bertz CT molecular complexity index is 568. The Hall–Kier alpha value is -0.840. The lowest BCUT2D eigenvalue weighted by Gasteiger charge is -2.15. The van der Waals surface area contributed by atoms with Gasteiger partial charge in [-0.1, -0.05) is 11.6 Å². The Morgan fingerprint density at radius 2 is 2.06 bits per heavy atom. The molecule has 0 fully saturated rings. The SMILES string of the molecule is Cc1cc(C(C)Nc2nc(Cl)ncc2Cl)c(C)s1. The number of halogens is 2. The highest BCUT2D eigenvalue weighted by Gasteiger charge is 2.13. The van der Waals surface area contributed by atoms with Crippen LogP contribution in [0, 0.1) is 13.8 Å². The van der Waals surface area contributed by atoms with Gasteiger partial charge in [0.05, 0.1) is 12.2 Å². The van der Waals surface area contributed by atoms with Gasteiger partial charge in [-0.2, -0.15) is 4.98 Å². The van der Waals surface area contributed by atoms with Gasteiger partial charge in [0.25, 0.3) is 0 Å². The molecule has 0 saturated carbocycles. The van der Waals surface area contributed by atoms with Crippen LogP contribution in [-0.4, -0.2) is 9.97 Å². The lowest BCUT2D eigenvalue weighted by Crippen LogP contribution is -2.09. The quantitative estimate of drug-likeness (QED) is 0.840. The van der Waals surface area contributed by atoms with Crippen molar-refractivity contribution >= 4 is 40.4 Å². The van der Waals surface area contributed by atoms with Crippen molar-refractivity contribution in [3.63, 3.8) is 0 Å². The summed E-state index contributed by atoms with van der Waals surface area (Å²) in [4.78, 5) is 10.5. The Balaban J connectivity index is 2.23. The summed E-state index contributed by atoms with van der Waals surface area (Å²) in [6.07, 6.45) is 1.50. The maximum Gasteiger partial charge on any atom is 0.224 e. The topological polar surface area (TPSA) is 37.8 Å². The van der Waals surface area contributed by atoms with E-state index in [0.717, 1.165) is 0 Å². The normalized spacial score (nSPS) is 12.5. The van der Waals surface area contributed by atoms with Crippen molar-refractivity contribution in [3.05, 3.63) is 37.9 Å². The molecule has 96 valence electrons. The zero-order chi connectivity index (χ0) is 13.3. The molecule has 0 bridgehead atoms. The maximum atomic E-state index is 6.03. The van der Waals surface area contributed by atoms with Crippen molar-refractivity contribution in [2.24, 2.45) is 0 Å². The second-order valence-corrected chi connectivity index (χ2v) is 6.28. The summed E-state index contributed by atoms with van der Waals surface area (Å²) < 4.78 is 0. The van der Waals surface area contributed by atoms with Crippen molar-refractivity contribution in [1.82, 2.24) is 9.97 Å². The Morgan fingerprint density at radius 1 is 1.33 bits per heavy atom. The summed E-state index contributed by atoms with van der Waals surface area (Å²) in [6.45, 7) is 6.28. The van der Waals surface area contributed by atoms with Crippen LogP contribution in [0.4, 0.5) is 5.82 Å². The molecular formula is C12H13Cl2N3S. The molecule has 0 aliphatic carbocycles. The lowest BCUT2D eigenvalue weighted by molar-refractivity contribution is 0.869. The van der Waals surface area contributed by atoms with Crippen molar-refractivity contribution in [2.45, 2.75) is 26.8 Å². The zero-order valence-electron chi connectivity index (χ0n) is 10.3. The summed E-state index contributed by atoms with van der Waals surface area (Å²) in [5.41, 5.74) is 1.25. The molecule has 0 spiro atoms. The van der Waals surface area contributed by atoms with Crippen LogP contribution >= 0.6 is 34.5 Å². The van der Waals surface area contributed by atoms with E-state index in [1.165, 1.54) is 21.5 Å². The first-order chi connectivity index (χ1) is 8.47. The minimum absolute atomic E-state index is 0.124. The van der Waals surface area contributed by atoms with Crippen LogP contribution in [0.2, 0.25) is 10.3 Å². The van der Waals surface area contributed by atoms with Gasteiger partial charge < -0.3 is 5.32 Å². The number of hydrogen-bond acceptors (Lipinski definition) is 4. The van der Waals surface area contributed by atoms with Gasteiger partial charge in [0.15, 0.2) is 0 Å². The van der Waals surface area contributed by atoms with Crippen LogP contribution in [0.1, 0.15) is 28.3 Å². The number of thiophene rings is 1. The number of rotatable bonds is 3. The molecule has 2 aromatic rings. The van der Waals surface area contributed by atoms with Gasteiger partial charge in [-0.3, -0.25) is 0 Å². The Labute approximate surface area is 120 Å². The number of hydrogen-bond donors (Lipinski definition) is 1. The summed E-state index contributed by atoms with van der Waals surface area (Å²) >= 11 is 13.6. The van der Waals surface area contributed by atoms with Gasteiger partial charge >= 0.3 is 0 Å². The van der Waals surface area contributed by atoms with Gasteiger partial charge in [0.2, 0.25) is 5.28 Å². The molecule has 1 atom stereocenters. The van der Waals surface area contributed by atoms with E-state index in [0.29, 0.717) is 10.8 Å². The average Bonchev–Trinajstić information content (AvgIpc) is 2.63. The molecule has 0 aliphatic heterocycles. The summed E-state index contributed by atoms with van der Waals surface area (Å²) in [7, 11) is 0. The minimum atomic E-state index is 0.124. The highest BCUT2D eigenvalue weighted by molar-refractivity contribution is 7.12. The summed E-state index contributed by atoms with van der Waals surface area (Å²) in [5.74, 6) is 0.562. The van der Waals surface area contributed by atoms with Crippen LogP contribution < -0.4 is 5.32 Å². The van der Waals surface area contributed by atoms with E-state index in [1.807, 2.05) is 0 Å². The van der Waals surface area contributed by atoms with Crippen molar-refractivity contribution in [2.75, 3.05) is 5.32 Å². The highest BCUT2D eigenvalue weighted by atomic mass is 35.5. The molecule has 0 aromatic carbocycles. The van der Waals surface area contributed by atoms with Crippen LogP contribution in [0.25, 0.3) is 0 Å². The summed E-state index contributed by atoms with van der Waals surface area (Å²) in [5, 5.41) is 3.92. The van der Waals surface area contributed by atoms with Crippen LogP contribution in [0.3, 0.4) is 0 Å². The molecule has 3 nitrogen and oxygen atoms in total. The van der Waals surface area contributed by atoms with Crippen LogP contribution in [-0.2, 0) is 0 Å². The van der Waals surface area contributed by atoms with Crippen LogP contribution in [0.5, 0.6) is 0 Å². The first-order valence-corrected chi connectivity index (χ1v) is 7.06. The highest BCUT2D eigenvalue weighted by Crippen LogP contribution is 2.30.